The number of anilines is 2. The molecule has 0 unspecified atom stereocenters. The van der Waals surface area contributed by atoms with Crippen LogP contribution >= 0.6 is 11.6 Å². The fraction of sp³-hybridized carbons (Fsp3) is 0.333. The van der Waals surface area contributed by atoms with Crippen molar-refractivity contribution >= 4 is 23.1 Å². The van der Waals surface area contributed by atoms with Crippen molar-refractivity contribution in [1.82, 2.24) is 15.3 Å². The molecule has 0 amide bonds. The van der Waals surface area contributed by atoms with Crippen molar-refractivity contribution in [3.63, 3.8) is 0 Å². The van der Waals surface area contributed by atoms with Crippen LogP contribution in [0.5, 0.6) is 0 Å². The van der Waals surface area contributed by atoms with E-state index in [9.17, 15) is 4.39 Å². The molecular formula is C24H29ClFN5. The molecule has 0 bridgehead atoms. The molecular weight excluding hydrogens is 413 g/mol. The zero-order valence-electron chi connectivity index (χ0n) is 18.3. The number of aromatic nitrogens is 2. The number of nitrogens with one attached hydrogen (secondary N) is 2. The molecule has 2 aromatic carbocycles. The highest BCUT2D eigenvalue weighted by atomic mass is 35.5. The van der Waals surface area contributed by atoms with E-state index < -0.39 is 0 Å². The third-order valence-corrected chi connectivity index (χ3v) is 5.17. The van der Waals surface area contributed by atoms with Crippen LogP contribution in [0.2, 0.25) is 5.02 Å². The van der Waals surface area contributed by atoms with E-state index in [1.54, 1.807) is 12.1 Å². The molecule has 7 heteroatoms. The standard InChI is InChI=1S/C22H23ClFN5.C2H6/c1-15-12-21(26-14-17-2-5-18(23)13-20(17)24)28-22(27-15)16-3-6-19(7-4-16)29-10-8-25-9-11-29;1-2/h2-7,12-13,25H,8-11,14H2,1H3,(H,26,27,28);1-2H3. The van der Waals surface area contributed by atoms with Crippen LogP contribution in [0, 0.1) is 12.7 Å². The van der Waals surface area contributed by atoms with Crippen LogP contribution in [0.25, 0.3) is 11.4 Å². The summed E-state index contributed by atoms with van der Waals surface area (Å²) in [7, 11) is 0. The molecule has 1 saturated heterocycles. The largest absolute Gasteiger partial charge is 0.369 e. The Morgan fingerprint density at radius 1 is 1.03 bits per heavy atom. The average molecular weight is 442 g/mol. The van der Waals surface area contributed by atoms with Gasteiger partial charge in [0, 0.05) is 66.3 Å². The van der Waals surface area contributed by atoms with Gasteiger partial charge in [0.15, 0.2) is 5.82 Å². The Morgan fingerprint density at radius 3 is 2.42 bits per heavy atom. The summed E-state index contributed by atoms with van der Waals surface area (Å²) < 4.78 is 14.0. The van der Waals surface area contributed by atoms with Crippen molar-refractivity contribution in [2.24, 2.45) is 0 Å². The third kappa shape index (κ3) is 6.15. The van der Waals surface area contributed by atoms with Gasteiger partial charge in [0.1, 0.15) is 11.6 Å². The summed E-state index contributed by atoms with van der Waals surface area (Å²) in [5.74, 6) is 0.975. The first kappa shape index (κ1) is 23.0. The van der Waals surface area contributed by atoms with E-state index in [0.717, 1.165) is 37.4 Å². The molecule has 4 rings (SSSR count). The first-order chi connectivity index (χ1) is 15.1. The highest BCUT2D eigenvalue weighted by Crippen LogP contribution is 2.23. The Morgan fingerprint density at radius 2 is 1.74 bits per heavy atom. The lowest BCUT2D eigenvalue weighted by atomic mass is 10.1. The Kier molecular flexibility index (Phi) is 8.20. The minimum atomic E-state index is -0.334. The van der Waals surface area contributed by atoms with E-state index in [0.29, 0.717) is 28.8 Å². The minimum absolute atomic E-state index is 0.320. The van der Waals surface area contributed by atoms with E-state index in [1.807, 2.05) is 26.8 Å². The molecule has 0 spiro atoms. The first-order valence-electron chi connectivity index (χ1n) is 10.7. The molecule has 3 aromatic rings. The highest BCUT2D eigenvalue weighted by Gasteiger charge is 2.11. The summed E-state index contributed by atoms with van der Waals surface area (Å²) >= 11 is 5.82. The molecule has 0 aliphatic carbocycles. The number of rotatable bonds is 5. The Balaban J connectivity index is 0.00000132. The lowest BCUT2D eigenvalue weighted by Gasteiger charge is -2.29. The zero-order valence-corrected chi connectivity index (χ0v) is 19.0. The predicted octanol–water partition coefficient (Wildman–Crippen LogP) is 5.29. The molecule has 1 aliphatic heterocycles. The van der Waals surface area contributed by atoms with Crippen LogP contribution in [0.3, 0.4) is 0 Å². The summed E-state index contributed by atoms with van der Waals surface area (Å²) in [6.07, 6.45) is 0. The lowest BCUT2D eigenvalue weighted by molar-refractivity contribution is 0.589. The van der Waals surface area contributed by atoms with Crippen molar-refractivity contribution in [2.75, 3.05) is 36.4 Å². The van der Waals surface area contributed by atoms with Crippen molar-refractivity contribution in [1.29, 1.82) is 0 Å². The number of piperazine rings is 1. The summed E-state index contributed by atoms with van der Waals surface area (Å²) in [6, 6.07) is 14.9. The van der Waals surface area contributed by atoms with Gasteiger partial charge in [0.05, 0.1) is 0 Å². The van der Waals surface area contributed by atoms with Crippen molar-refractivity contribution < 1.29 is 4.39 Å². The van der Waals surface area contributed by atoms with E-state index in [-0.39, 0.29) is 5.82 Å². The number of nitrogens with zero attached hydrogens (tertiary/aromatic N) is 3. The molecule has 0 atom stereocenters. The van der Waals surface area contributed by atoms with E-state index in [2.05, 4.69) is 49.8 Å². The molecule has 31 heavy (non-hydrogen) atoms. The van der Waals surface area contributed by atoms with Gasteiger partial charge in [-0.1, -0.05) is 31.5 Å². The van der Waals surface area contributed by atoms with Gasteiger partial charge in [-0.05, 0) is 43.3 Å². The average Bonchev–Trinajstić information content (AvgIpc) is 2.80. The van der Waals surface area contributed by atoms with E-state index >= 15 is 0 Å². The molecule has 1 fully saturated rings. The van der Waals surface area contributed by atoms with E-state index in [1.165, 1.54) is 11.8 Å². The molecule has 0 saturated carbocycles. The monoisotopic (exact) mass is 441 g/mol. The molecule has 5 nitrogen and oxygen atoms in total. The summed E-state index contributed by atoms with van der Waals surface area (Å²) in [5, 5.41) is 6.94. The fourth-order valence-corrected chi connectivity index (χ4v) is 3.54. The Bertz CT molecular complexity index is 988. The second-order valence-electron chi connectivity index (χ2n) is 7.09. The maximum atomic E-state index is 14.0. The second-order valence-corrected chi connectivity index (χ2v) is 7.53. The lowest BCUT2D eigenvalue weighted by Crippen LogP contribution is -2.43. The number of hydrogen-bond acceptors (Lipinski definition) is 5. The summed E-state index contributed by atoms with van der Waals surface area (Å²) in [4.78, 5) is 11.5. The van der Waals surface area contributed by atoms with Crippen LogP contribution in [0.15, 0.2) is 48.5 Å². The molecule has 0 radical (unpaired) electrons. The van der Waals surface area contributed by atoms with Gasteiger partial charge in [-0.3, -0.25) is 0 Å². The maximum Gasteiger partial charge on any atom is 0.161 e. The minimum Gasteiger partial charge on any atom is -0.369 e. The topological polar surface area (TPSA) is 53.1 Å². The molecule has 1 aromatic heterocycles. The third-order valence-electron chi connectivity index (χ3n) is 4.94. The van der Waals surface area contributed by atoms with Gasteiger partial charge >= 0.3 is 0 Å². The van der Waals surface area contributed by atoms with Gasteiger partial charge in [0.25, 0.3) is 0 Å². The fourth-order valence-electron chi connectivity index (χ4n) is 3.38. The summed E-state index contributed by atoms with van der Waals surface area (Å²) in [5.41, 5.74) is 3.54. The maximum absolute atomic E-state index is 14.0. The van der Waals surface area contributed by atoms with Gasteiger partial charge in [-0.2, -0.15) is 0 Å². The molecule has 2 N–H and O–H groups in total. The number of halogens is 2. The first-order valence-corrected chi connectivity index (χ1v) is 11.1. The van der Waals surface area contributed by atoms with Crippen LogP contribution < -0.4 is 15.5 Å². The quantitative estimate of drug-likeness (QED) is 0.563. The Labute approximate surface area is 188 Å². The van der Waals surface area contributed by atoms with Crippen LogP contribution in [-0.2, 0) is 6.54 Å². The normalized spacial score (nSPS) is 13.4. The van der Waals surface area contributed by atoms with Crippen LogP contribution in [0.4, 0.5) is 15.9 Å². The summed E-state index contributed by atoms with van der Waals surface area (Å²) in [6.45, 7) is 10.3. The molecule has 2 heterocycles. The van der Waals surface area contributed by atoms with Crippen molar-refractivity contribution in [3.05, 3.63) is 70.6 Å². The van der Waals surface area contributed by atoms with Gasteiger partial charge in [-0.25, -0.2) is 14.4 Å². The molecule has 164 valence electrons. The molecule has 1 aliphatic rings. The Hall–Kier alpha value is -2.70. The van der Waals surface area contributed by atoms with E-state index in [4.69, 9.17) is 11.6 Å². The van der Waals surface area contributed by atoms with Gasteiger partial charge < -0.3 is 15.5 Å². The van der Waals surface area contributed by atoms with Crippen molar-refractivity contribution in [3.8, 4) is 11.4 Å². The SMILES string of the molecule is CC.Cc1cc(NCc2ccc(Cl)cc2F)nc(-c2ccc(N3CCNCC3)cc2)n1. The van der Waals surface area contributed by atoms with Crippen LogP contribution in [0.1, 0.15) is 25.1 Å². The predicted molar refractivity (Wildman–Crippen MR) is 127 cm³/mol. The van der Waals surface area contributed by atoms with Crippen LogP contribution in [-0.4, -0.2) is 36.1 Å². The second kappa shape index (κ2) is 11.1. The van der Waals surface area contributed by atoms with Gasteiger partial charge in [-0.15, -0.1) is 0 Å². The number of aryl methyl sites for hydroxylation is 1. The zero-order chi connectivity index (χ0) is 22.2. The van der Waals surface area contributed by atoms with Gasteiger partial charge in [0.2, 0.25) is 0 Å². The van der Waals surface area contributed by atoms with Crippen molar-refractivity contribution in [2.45, 2.75) is 27.3 Å². The highest BCUT2D eigenvalue weighted by molar-refractivity contribution is 6.30. The number of hydrogen-bond donors (Lipinski definition) is 2. The smallest absolute Gasteiger partial charge is 0.161 e. The number of benzene rings is 2.